The van der Waals surface area contributed by atoms with Gasteiger partial charge in [0.2, 0.25) is 0 Å². The summed E-state index contributed by atoms with van der Waals surface area (Å²) >= 11 is 1.55. The van der Waals surface area contributed by atoms with Crippen LogP contribution >= 0.6 is 11.3 Å². The van der Waals surface area contributed by atoms with E-state index in [9.17, 15) is 4.79 Å². The maximum absolute atomic E-state index is 12.7. The summed E-state index contributed by atoms with van der Waals surface area (Å²) < 4.78 is 0. The summed E-state index contributed by atoms with van der Waals surface area (Å²) in [6.45, 7) is 4.31. The van der Waals surface area contributed by atoms with Crippen LogP contribution in [0.25, 0.3) is 22.2 Å². The number of aryl methyl sites for hydroxylation is 2. The molecule has 0 spiro atoms. The molecule has 0 fully saturated rings. The van der Waals surface area contributed by atoms with Crippen LogP contribution in [-0.2, 0) is 6.54 Å². The molecule has 0 bridgehead atoms. The number of amides is 1. The summed E-state index contributed by atoms with van der Waals surface area (Å²) in [5, 5.41) is 6.83. The highest BCUT2D eigenvalue weighted by Crippen LogP contribution is 2.22. The zero-order chi connectivity index (χ0) is 18.8. The molecule has 0 aliphatic carbocycles. The normalized spacial score (nSPS) is 10.9. The van der Waals surface area contributed by atoms with Crippen molar-refractivity contribution in [3.05, 3.63) is 81.8 Å². The number of rotatable bonds is 4. The summed E-state index contributed by atoms with van der Waals surface area (Å²) in [6, 6.07) is 18.0. The van der Waals surface area contributed by atoms with Crippen molar-refractivity contribution in [2.75, 3.05) is 0 Å². The second-order valence-corrected chi connectivity index (χ2v) is 7.44. The van der Waals surface area contributed by atoms with E-state index in [0.717, 1.165) is 38.4 Å². The van der Waals surface area contributed by atoms with E-state index in [1.165, 1.54) is 0 Å². The molecule has 0 radical (unpaired) electrons. The minimum atomic E-state index is -0.126. The molecular formula is C22H19N3OS. The number of aromatic nitrogens is 2. The zero-order valence-electron chi connectivity index (χ0n) is 15.2. The van der Waals surface area contributed by atoms with E-state index >= 15 is 0 Å². The number of hydrogen-bond acceptors (Lipinski definition) is 4. The Bertz CT molecular complexity index is 1120. The quantitative estimate of drug-likeness (QED) is 0.553. The smallest absolute Gasteiger partial charge is 0.253 e. The van der Waals surface area contributed by atoms with E-state index in [0.29, 0.717) is 12.1 Å². The zero-order valence-corrected chi connectivity index (χ0v) is 16.0. The first kappa shape index (κ1) is 17.4. The summed E-state index contributed by atoms with van der Waals surface area (Å²) in [5.74, 6) is -0.126. The molecule has 0 aliphatic rings. The van der Waals surface area contributed by atoms with Crippen molar-refractivity contribution in [1.82, 2.24) is 15.3 Å². The molecule has 2 aromatic carbocycles. The summed E-state index contributed by atoms with van der Waals surface area (Å²) in [6.07, 6.45) is 0. The molecule has 134 valence electrons. The van der Waals surface area contributed by atoms with Crippen LogP contribution in [0.15, 0.2) is 60.0 Å². The summed E-state index contributed by atoms with van der Waals surface area (Å²) in [5.41, 5.74) is 5.42. The topological polar surface area (TPSA) is 54.9 Å². The Morgan fingerprint density at radius 3 is 2.67 bits per heavy atom. The highest BCUT2D eigenvalue weighted by atomic mass is 32.1. The van der Waals surface area contributed by atoms with Crippen molar-refractivity contribution in [3.8, 4) is 11.3 Å². The van der Waals surface area contributed by atoms with Crippen molar-refractivity contribution in [1.29, 1.82) is 0 Å². The SMILES string of the molecule is Cc1ccc2cc(C(=O)NCc3nc(-c4ccccc4)cs3)c(C)nc2c1. The average Bonchev–Trinajstić information content (AvgIpc) is 3.15. The highest BCUT2D eigenvalue weighted by molar-refractivity contribution is 7.09. The van der Waals surface area contributed by atoms with Gasteiger partial charge in [0, 0.05) is 16.3 Å². The number of fused-ring (bicyclic) bond motifs is 1. The molecule has 1 amide bonds. The van der Waals surface area contributed by atoms with Crippen LogP contribution in [0.4, 0.5) is 0 Å². The number of pyridine rings is 1. The van der Waals surface area contributed by atoms with Gasteiger partial charge in [0.1, 0.15) is 5.01 Å². The molecule has 4 rings (SSSR count). The molecule has 27 heavy (non-hydrogen) atoms. The maximum Gasteiger partial charge on any atom is 0.253 e. The van der Waals surface area contributed by atoms with Gasteiger partial charge in [-0.15, -0.1) is 11.3 Å². The van der Waals surface area contributed by atoms with Crippen LogP contribution in [0.1, 0.15) is 26.6 Å². The number of thiazole rings is 1. The van der Waals surface area contributed by atoms with Crippen LogP contribution in [0.3, 0.4) is 0 Å². The van der Waals surface area contributed by atoms with Gasteiger partial charge in [-0.25, -0.2) is 4.98 Å². The van der Waals surface area contributed by atoms with E-state index < -0.39 is 0 Å². The third-order valence-corrected chi connectivity index (χ3v) is 5.28. The second-order valence-electron chi connectivity index (χ2n) is 6.49. The molecule has 5 heteroatoms. The van der Waals surface area contributed by atoms with Gasteiger partial charge in [-0.1, -0.05) is 42.5 Å². The molecule has 0 atom stereocenters. The number of hydrogen-bond donors (Lipinski definition) is 1. The lowest BCUT2D eigenvalue weighted by Gasteiger charge is -2.08. The first-order valence-corrected chi connectivity index (χ1v) is 9.64. The van der Waals surface area contributed by atoms with Crippen LogP contribution in [0.2, 0.25) is 0 Å². The number of carbonyl (C=O) groups is 1. The Morgan fingerprint density at radius 1 is 1.04 bits per heavy atom. The number of nitrogens with one attached hydrogen (secondary N) is 1. The minimum Gasteiger partial charge on any atom is -0.345 e. The fourth-order valence-corrected chi connectivity index (χ4v) is 3.73. The predicted octanol–water partition coefficient (Wildman–Crippen LogP) is 4.91. The van der Waals surface area contributed by atoms with Gasteiger partial charge in [0.05, 0.1) is 29.0 Å². The van der Waals surface area contributed by atoms with E-state index in [2.05, 4.69) is 15.3 Å². The van der Waals surface area contributed by atoms with Crippen LogP contribution < -0.4 is 5.32 Å². The third-order valence-electron chi connectivity index (χ3n) is 4.43. The molecule has 2 heterocycles. The lowest BCUT2D eigenvalue weighted by atomic mass is 10.1. The number of benzene rings is 2. The third kappa shape index (κ3) is 3.73. The largest absolute Gasteiger partial charge is 0.345 e. The van der Waals surface area contributed by atoms with Gasteiger partial charge in [-0.3, -0.25) is 9.78 Å². The van der Waals surface area contributed by atoms with Crippen molar-refractivity contribution < 1.29 is 4.79 Å². The Hall–Kier alpha value is -3.05. The standard InChI is InChI=1S/C22H19N3OS/c1-14-8-9-17-11-18(15(2)24-19(17)10-14)22(26)23-12-21-25-20(13-27-21)16-6-4-3-5-7-16/h3-11,13H,12H2,1-2H3,(H,23,26). The summed E-state index contributed by atoms with van der Waals surface area (Å²) in [7, 11) is 0. The van der Waals surface area contributed by atoms with Crippen molar-refractivity contribution in [3.63, 3.8) is 0 Å². The van der Waals surface area contributed by atoms with E-state index in [1.54, 1.807) is 11.3 Å². The van der Waals surface area contributed by atoms with Crippen molar-refractivity contribution in [2.24, 2.45) is 0 Å². The van der Waals surface area contributed by atoms with Crippen molar-refractivity contribution in [2.45, 2.75) is 20.4 Å². The molecule has 0 saturated heterocycles. The van der Waals surface area contributed by atoms with Crippen LogP contribution in [0.5, 0.6) is 0 Å². The molecule has 4 nitrogen and oxygen atoms in total. The molecule has 0 saturated carbocycles. The fraction of sp³-hybridized carbons (Fsp3) is 0.136. The molecular weight excluding hydrogens is 354 g/mol. The van der Waals surface area contributed by atoms with Gasteiger partial charge < -0.3 is 5.32 Å². The van der Waals surface area contributed by atoms with Crippen LogP contribution in [-0.4, -0.2) is 15.9 Å². The van der Waals surface area contributed by atoms with E-state index in [4.69, 9.17) is 0 Å². The highest BCUT2D eigenvalue weighted by Gasteiger charge is 2.13. The Morgan fingerprint density at radius 2 is 1.85 bits per heavy atom. The van der Waals surface area contributed by atoms with E-state index in [-0.39, 0.29) is 5.91 Å². The van der Waals surface area contributed by atoms with E-state index in [1.807, 2.05) is 73.8 Å². The second kappa shape index (κ2) is 7.29. The van der Waals surface area contributed by atoms with Gasteiger partial charge >= 0.3 is 0 Å². The number of carbonyl (C=O) groups excluding carboxylic acids is 1. The number of nitrogens with zero attached hydrogens (tertiary/aromatic N) is 2. The molecule has 0 aliphatic heterocycles. The summed E-state index contributed by atoms with van der Waals surface area (Å²) in [4.78, 5) is 21.9. The van der Waals surface area contributed by atoms with Crippen molar-refractivity contribution >= 4 is 28.1 Å². The monoisotopic (exact) mass is 373 g/mol. The Balaban J connectivity index is 1.50. The van der Waals surface area contributed by atoms with Gasteiger partial charge in [-0.2, -0.15) is 0 Å². The molecule has 1 N–H and O–H groups in total. The van der Waals surface area contributed by atoms with Gasteiger partial charge in [0.15, 0.2) is 0 Å². The van der Waals surface area contributed by atoms with Crippen LogP contribution in [0, 0.1) is 13.8 Å². The maximum atomic E-state index is 12.7. The Labute approximate surface area is 161 Å². The first-order valence-electron chi connectivity index (χ1n) is 8.76. The van der Waals surface area contributed by atoms with Gasteiger partial charge in [-0.05, 0) is 31.5 Å². The minimum absolute atomic E-state index is 0.126. The molecule has 2 aromatic heterocycles. The fourth-order valence-electron chi connectivity index (χ4n) is 2.99. The van der Waals surface area contributed by atoms with Gasteiger partial charge in [0.25, 0.3) is 5.91 Å². The Kier molecular flexibility index (Phi) is 4.69. The first-order chi connectivity index (χ1) is 13.1. The lowest BCUT2D eigenvalue weighted by Crippen LogP contribution is -2.24. The molecule has 4 aromatic rings. The predicted molar refractivity (Wildman–Crippen MR) is 110 cm³/mol. The average molecular weight is 373 g/mol. The molecule has 0 unspecified atom stereocenters. The lowest BCUT2D eigenvalue weighted by molar-refractivity contribution is 0.0950.